The Balaban J connectivity index is 0.000000176. The number of fused-ring (bicyclic) bond motifs is 5. The smallest absolute Gasteiger partial charge is 0.328 e. The molecule has 1 aliphatic carbocycles. The van der Waals surface area contributed by atoms with Crippen molar-refractivity contribution in [2.75, 3.05) is 33.0 Å². The Labute approximate surface area is 983 Å². The molecule has 755 valence electrons. The van der Waals surface area contributed by atoms with Gasteiger partial charge in [-0.15, -0.1) is 53.7 Å². The largest absolute Gasteiger partial charge is 0.591 e. The Bertz CT molecular complexity index is 7870. The summed E-state index contributed by atoms with van der Waals surface area (Å²) in [5, 5.41) is 1.84. The third-order valence-electron chi connectivity index (χ3n) is 22.6. The molecule has 1 aliphatic rings. The number of hydrogen-bond donors (Lipinski definition) is 6. The molecule has 150 heavy (non-hydrogen) atoms. The number of furan rings is 1. The molecule has 39 heteroatoms. The summed E-state index contributed by atoms with van der Waals surface area (Å²) >= 11 is 0. The van der Waals surface area contributed by atoms with E-state index < -0.39 is 56.2 Å². The molecular formula is C111H100N13O21Y5-5. The molecule has 0 bridgehead atoms. The Morgan fingerprint density at radius 3 is 1.12 bits per heavy atom. The second-order valence-corrected chi connectivity index (χ2v) is 34.3. The van der Waals surface area contributed by atoms with Crippen LogP contribution in [0, 0.1) is 99.9 Å². The van der Waals surface area contributed by atoms with Gasteiger partial charge in [0.2, 0.25) is 0 Å². The van der Waals surface area contributed by atoms with Gasteiger partial charge < -0.3 is 65.6 Å². The van der Waals surface area contributed by atoms with Crippen LogP contribution in [-0.4, -0.2) is 94.6 Å². The van der Waals surface area contributed by atoms with Crippen LogP contribution < -0.4 is 104 Å². The van der Waals surface area contributed by atoms with Crippen LogP contribution in [0.3, 0.4) is 0 Å². The first kappa shape index (κ1) is 117. The number of aromatic amines is 6. The van der Waals surface area contributed by atoms with Crippen LogP contribution in [0.2, 0.25) is 0 Å². The minimum absolute atomic E-state index is 0. The van der Waals surface area contributed by atoms with Crippen molar-refractivity contribution in [1.82, 2.24) is 61.5 Å². The first-order valence-electron chi connectivity index (χ1n) is 46.1. The van der Waals surface area contributed by atoms with E-state index in [0.29, 0.717) is 112 Å². The zero-order chi connectivity index (χ0) is 102. The maximum absolute atomic E-state index is 11.8. The normalized spacial score (nSPS) is 10.8. The Morgan fingerprint density at radius 2 is 0.687 bits per heavy atom. The van der Waals surface area contributed by atoms with Gasteiger partial charge in [-0.1, -0.05) is 87.3 Å². The van der Waals surface area contributed by atoms with Gasteiger partial charge in [-0.05, 0) is 212 Å². The third kappa shape index (κ3) is 31.6. The molecule has 5 radical (unpaired) electrons. The summed E-state index contributed by atoms with van der Waals surface area (Å²) in [6, 6.07) is 66.5. The minimum Gasteiger partial charge on any atom is -0.591 e. The van der Waals surface area contributed by atoms with Crippen LogP contribution in [-0.2, 0) is 203 Å². The predicted molar refractivity (Wildman–Crippen MR) is 547 cm³/mol. The fourth-order valence-electron chi connectivity index (χ4n) is 15.5. The van der Waals surface area contributed by atoms with Crippen molar-refractivity contribution in [2.45, 2.75) is 108 Å². The van der Waals surface area contributed by atoms with E-state index in [4.69, 9.17) is 51.8 Å². The van der Waals surface area contributed by atoms with E-state index in [9.17, 15) is 47.9 Å². The number of H-pyrrole nitrogens is 6. The van der Waals surface area contributed by atoms with Gasteiger partial charge in [0.15, 0.2) is 63.4 Å². The molecule has 0 saturated heterocycles. The third-order valence-corrected chi connectivity index (χ3v) is 22.6. The molecule has 6 N–H and O–H groups in total. The molecule has 0 saturated carbocycles. The molecule has 20 rings (SSSR count). The number of aromatic nitrogens is 13. The molecular weight excluding hydrogens is 2300 g/mol. The van der Waals surface area contributed by atoms with Crippen LogP contribution >= 0.6 is 0 Å². The average molecular weight is 2400 g/mol. The van der Waals surface area contributed by atoms with Crippen molar-refractivity contribution >= 4 is 39.0 Å². The number of aryl methyl sites for hydroxylation is 10. The van der Waals surface area contributed by atoms with E-state index in [1.165, 1.54) is 89.7 Å². The summed E-state index contributed by atoms with van der Waals surface area (Å²) in [5.41, 5.74) is 11.7. The first-order valence-corrected chi connectivity index (χ1v) is 46.1. The number of ether oxygens (including phenoxy) is 10. The molecule has 0 atom stereocenters. The Morgan fingerprint density at radius 1 is 0.327 bits per heavy atom. The van der Waals surface area contributed by atoms with Crippen molar-refractivity contribution < 1.29 is 215 Å². The number of hydrogen-bond acceptors (Lipinski definition) is 21. The molecule has 19 aromatic rings. The number of nitrogens with one attached hydrogen (secondary N) is 6. The van der Waals surface area contributed by atoms with E-state index in [-0.39, 0.29) is 203 Å². The predicted octanol–water partition coefficient (Wildman–Crippen LogP) is 16.4. The van der Waals surface area contributed by atoms with Crippen LogP contribution in [0.4, 0.5) is 0 Å². The fraction of sp³-hybridized carbons (Fsp3) is 0.189. The van der Waals surface area contributed by atoms with Crippen molar-refractivity contribution in [3.05, 3.63) is 451 Å². The van der Waals surface area contributed by atoms with Gasteiger partial charge in [0.05, 0.1) is 55.7 Å². The number of allylic oxidation sites excluding steroid dienone is 1. The zero-order valence-electron chi connectivity index (χ0n) is 83.6. The average Bonchev–Trinajstić information content (AvgIpc) is 1.64. The number of benzene rings is 8. The van der Waals surface area contributed by atoms with Crippen LogP contribution in [0.5, 0.6) is 86.4 Å². The van der Waals surface area contributed by atoms with E-state index >= 15 is 0 Å². The SMILES string of the molecule is Cc1ccc(Oc2cc(C)cc3c2C=[C-]C3)c(OCCn2ccc(=O)[nH]c2=O)c1.Cc1ccc(Oc2cc(C)cc3c[c-][nH]c23)c(OCCn2ccc(=O)[nH]c2=O)c1.Cc1ccc(Oc2cc(C)cc3c[c-]cn23)c(OCCn2ccc(=O)[nH]c2=O)c1.Cc1ccc(Oc2cc(C)cc3o[c-]cc23)c(OCCn2ccc(=O)[nH]c2=O)c1.Cc1ccc(Oc2cc(C)cn3c[c-]cc23)c(OCCn2ccc(=O)[nH]c2=O)c1.[Y].[Y].[Y].[Y].[Y]. The Hall–Kier alpha value is -13.0. The van der Waals surface area contributed by atoms with Crippen molar-refractivity contribution in [1.29, 1.82) is 0 Å². The summed E-state index contributed by atoms with van der Waals surface area (Å²) in [5.74, 6) is 9.26. The minimum atomic E-state index is -0.472. The molecule has 0 unspecified atom stereocenters. The van der Waals surface area contributed by atoms with Gasteiger partial charge in [0.1, 0.15) is 33.0 Å². The molecule has 11 aromatic heterocycles. The van der Waals surface area contributed by atoms with Crippen molar-refractivity contribution in [3.63, 3.8) is 0 Å². The second kappa shape index (κ2) is 55.2. The van der Waals surface area contributed by atoms with E-state index in [0.717, 1.165) is 101 Å². The maximum Gasteiger partial charge on any atom is 0.328 e. The summed E-state index contributed by atoms with van der Waals surface area (Å²) in [7, 11) is 0. The molecule has 0 spiro atoms. The monoisotopic (exact) mass is 2400 g/mol. The van der Waals surface area contributed by atoms with Gasteiger partial charge in [0.25, 0.3) is 27.8 Å². The standard InChI is InChI=1S/C23H21N2O4.3C22H20N3O4.C22H19N2O5.5Y/c1-15-6-7-19(29-20-14-16(2)12-17-4-3-5-18(17)20)21(13-15)28-11-10-25-9-8-22(26)24-23(25)27;1-14-3-4-17(29-19-13-15(2)11-16-5-7-23-21(16)19)18(12-14)28-10-9-25-8-6-20(26)24-22(25)27;1-15-5-6-18(29-21-14-16(2)12-17-4-3-8-25(17)21)19(13-15)28-11-10-24-9-7-20(26)23-22(24)27;1-15-5-6-18(29-19-13-16(2)14-25-8-3-4-17(19)25)20(12-15)28-11-10-24-9-7-21(26)23-22(24)27;1-14-3-4-17(29-19-13-15(2)12-18-16(19)6-9-27-18)20(11-14)28-10-8-24-7-5-21(25)23-22(24)26;;;;;/h5-9,12-14H,4,10-11H2,1-2H3,(H,24,26,27);3-6,8,11-13,23H,9-10H2,1-2H3,(H,24,26,27);2*4-9,12-14H,10-11H2,1-2H3,(H,23,26,27);3-7,11-13H,8,10H2,1-2H3,(H,23,25,26);;;;;/q5*-1;;;;;. The summed E-state index contributed by atoms with van der Waals surface area (Å²) < 4.78 is 76.6. The molecule has 0 aliphatic heterocycles. The van der Waals surface area contributed by atoms with Crippen LogP contribution in [0.15, 0.2) is 302 Å². The summed E-state index contributed by atoms with van der Waals surface area (Å²) in [4.78, 5) is 129. The first-order chi connectivity index (χ1) is 70.0. The summed E-state index contributed by atoms with van der Waals surface area (Å²) in [6.07, 6.45) is 24.6. The van der Waals surface area contributed by atoms with Crippen molar-refractivity contribution in [2.24, 2.45) is 0 Å². The topological polar surface area (TPSA) is 404 Å². The Kier molecular flexibility index (Phi) is 43.1. The number of rotatable bonds is 30. The van der Waals surface area contributed by atoms with Gasteiger partial charge >= 0.3 is 28.4 Å². The van der Waals surface area contributed by atoms with Crippen LogP contribution in [0.25, 0.3) is 39.0 Å². The summed E-state index contributed by atoms with van der Waals surface area (Å²) in [6.45, 7) is 22.5. The van der Waals surface area contributed by atoms with E-state index in [1.807, 2.05) is 248 Å². The molecule has 34 nitrogen and oxygen atoms in total. The van der Waals surface area contributed by atoms with Crippen LogP contribution in [0.1, 0.15) is 66.8 Å². The van der Waals surface area contributed by atoms with E-state index in [1.54, 1.807) is 6.07 Å². The van der Waals surface area contributed by atoms with Gasteiger partial charge in [-0.2, -0.15) is 11.5 Å². The van der Waals surface area contributed by atoms with Crippen molar-refractivity contribution in [3.8, 4) is 86.4 Å². The fourth-order valence-corrected chi connectivity index (χ4v) is 15.5. The second-order valence-electron chi connectivity index (χ2n) is 34.3. The van der Waals surface area contributed by atoms with E-state index in [2.05, 4.69) is 78.8 Å². The van der Waals surface area contributed by atoms with Gasteiger partial charge in [-0.25, -0.2) is 54.3 Å². The van der Waals surface area contributed by atoms with Gasteiger partial charge in [0, 0.05) is 225 Å². The number of nitrogens with zero attached hydrogens (tertiary/aromatic N) is 7. The molecule has 11 heterocycles. The van der Waals surface area contributed by atoms with Gasteiger partial charge in [-0.3, -0.25) is 77.8 Å². The molecule has 0 fully saturated rings. The molecule has 0 amide bonds. The number of pyridine rings is 2. The quantitative estimate of drug-likeness (QED) is 0.0228. The maximum atomic E-state index is 11.8. The molecule has 8 aromatic carbocycles. The zero-order valence-corrected chi connectivity index (χ0v) is 97.8.